The van der Waals surface area contributed by atoms with Crippen molar-refractivity contribution in [2.75, 3.05) is 6.61 Å². The standard InChI is InChI=1S/C16H15BrO2/c1-2-12-7-9-13(10-8-12)15(18)11-19-16-6-4-3-5-14(16)17/h3-10H,2,11H2,1H3. The van der Waals surface area contributed by atoms with Crippen molar-refractivity contribution in [1.82, 2.24) is 0 Å². The van der Waals surface area contributed by atoms with Crippen LogP contribution in [0.25, 0.3) is 0 Å². The van der Waals surface area contributed by atoms with Crippen LogP contribution in [0.3, 0.4) is 0 Å². The summed E-state index contributed by atoms with van der Waals surface area (Å²) in [5, 5.41) is 0. The van der Waals surface area contributed by atoms with Gasteiger partial charge in [-0.05, 0) is 40.0 Å². The second-order valence-corrected chi connectivity index (χ2v) is 5.05. The monoisotopic (exact) mass is 318 g/mol. The second kappa shape index (κ2) is 6.53. The molecule has 19 heavy (non-hydrogen) atoms. The molecule has 2 nitrogen and oxygen atoms in total. The minimum Gasteiger partial charge on any atom is -0.484 e. The van der Waals surface area contributed by atoms with E-state index in [-0.39, 0.29) is 12.4 Å². The Morgan fingerprint density at radius 2 is 1.79 bits per heavy atom. The molecule has 0 aliphatic heterocycles. The third-order valence-corrected chi connectivity index (χ3v) is 3.53. The van der Waals surface area contributed by atoms with Crippen LogP contribution in [0, 0.1) is 0 Å². The first-order valence-electron chi connectivity index (χ1n) is 6.20. The highest BCUT2D eigenvalue weighted by atomic mass is 79.9. The number of ketones is 1. The number of ether oxygens (including phenoxy) is 1. The highest BCUT2D eigenvalue weighted by Crippen LogP contribution is 2.23. The molecule has 3 heteroatoms. The van der Waals surface area contributed by atoms with E-state index >= 15 is 0 Å². The van der Waals surface area contributed by atoms with Crippen LogP contribution in [-0.2, 0) is 6.42 Å². The van der Waals surface area contributed by atoms with Gasteiger partial charge in [0.05, 0.1) is 4.47 Å². The van der Waals surface area contributed by atoms with Crippen LogP contribution in [0.15, 0.2) is 53.0 Å². The second-order valence-electron chi connectivity index (χ2n) is 4.19. The number of rotatable bonds is 5. The molecule has 2 rings (SSSR count). The first-order valence-corrected chi connectivity index (χ1v) is 6.99. The van der Waals surface area contributed by atoms with Crippen LogP contribution in [0.4, 0.5) is 0 Å². The van der Waals surface area contributed by atoms with E-state index in [0.717, 1.165) is 10.9 Å². The first-order chi connectivity index (χ1) is 9.20. The van der Waals surface area contributed by atoms with Gasteiger partial charge in [0.15, 0.2) is 12.4 Å². The summed E-state index contributed by atoms with van der Waals surface area (Å²) in [6.45, 7) is 2.14. The van der Waals surface area contributed by atoms with E-state index in [1.807, 2.05) is 48.5 Å². The number of aryl methyl sites for hydroxylation is 1. The van der Waals surface area contributed by atoms with Crippen molar-refractivity contribution in [1.29, 1.82) is 0 Å². The van der Waals surface area contributed by atoms with Gasteiger partial charge in [0.25, 0.3) is 0 Å². The third-order valence-electron chi connectivity index (χ3n) is 2.88. The smallest absolute Gasteiger partial charge is 0.200 e. The highest BCUT2D eigenvalue weighted by molar-refractivity contribution is 9.10. The molecule has 0 atom stereocenters. The van der Waals surface area contributed by atoms with Gasteiger partial charge < -0.3 is 4.74 Å². The molecule has 0 spiro atoms. The van der Waals surface area contributed by atoms with Crippen LogP contribution in [0.5, 0.6) is 5.75 Å². The minimum atomic E-state index is -0.0154. The van der Waals surface area contributed by atoms with Crippen molar-refractivity contribution >= 4 is 21.7 Å². The Hall–Kier alpha value is -1.61. The summed E-state index contributed by atoms with van der Waals surface area (Å²) in [5.41, 5.74) is 1.91. The fraction of sp³-hybridized carbons (Fsp3) is 0.188. The van der Waals surface area contributed by atoms with Gasteiger partial charge in [-0.2, -0.15) is 0 Å². The Kier molecular flexibility index (Phi) is 4.74. The summed E-state index contributed by atoms with van der Waals surface area (Å²) >= 11 is 3.39. The van der Waals surface area contributed by atoms with E-state index in [4.69, 9.17) is 4.74 Å². The maximum atomic E-state index is 12.0. The van der Waals surface area contributed by atoms with Gasteiger partial charge in [-0.3, -0.25) is 4.79 Å². The number of para-hydroxylation sites is 1. The number of halogens is 1. The molecular weight excluding hydrogens is 304 g/mol. The molecule has 0 N–H and O–H groups in total. The van der Waals surface area contributed by atoms with Crippen LogP contribution < -0.4 is 4.74 Å². The third kappa shape index (κ3) is 3.67. The molecule has 0 fully saturated rings. The van der Waals surface area contributed by atoms with E-state index in [9.17, 15) is 4.79 Å². The summed E-state index contributed by atoms with van der Waals surface area (Å²) in [6.07, 6.45) is 0.974. The quantitative estimate of drug-likeness (QED) is 0.769. The molecule has 0 saturated heterocycles. The molecule has 0 unspecified atom stereocenters. The predicted octanol–water partition coefficient (Wildman–Crippen LogP) is 4.27. The summed E-state index contributed by atoms with van der Waals surface area (Å²) in [5.74, 6) is 0.666. The lowest BCUT2D eigenvalue weighted by molar-refractivity contribution is 0.0921. The lowest BCUT2D eigenvalue weighted by Crippen LogP contribution is -2.11. The van der Waals surface area contributed by atoms with Crippen molar-refractivity contribution in [2.45, 2.75) is 13.3 Å². The maximum Gasteiger partial charge on any atom is 0.200 e. The normalized spacial score (nSPS) is 10.2. The van der Waals surface area contributed by atoms with Gasteiger partial charge in [0, 0.05) is 5.56 Å². The van der Waals surface area contributed by atoms with Crippen LogP contribution in [-0.4, -0.2) is 12.4 Å². The molecule has 0 heterocycles. The van der Waals surface area contributed by atoms with Gasteiger partial charge in [-0.15, -0.1) is 0 Å². The fourth-order valence-corrected chi connectivity index (χ4v) is 2.11. The highest BCUT2D eigenvalue weighted by Gasteiger charge is 2.08. The van der Waals surface area contributed by atoms with E-state index in [1.54, 1.807) is 0 Å². The molecule has 0 amide bonds. The Balaban J connectivity index is 1.99. The number of hydrogen-bond donors (Lipinski definition) is 0. The molecule has 98 valence electrons. The fourth-order valence-electron chi connectivity index (χ4n) is 1.71. The number of carbonyl (C=O) groups excluding carboxylic acids is 1. The molecule has 0 saturated carbocycles. The molecule has 0 aromatic heterocycles. The van der Waals surface area contributed by atoms with Crippen molar-refractivity contribution in [2.24, 2.45) is 0 Å². The number of carbonyl (C=O) groups is 1. The number of Topliss-reactive ketones (excluding diaryl/α,β-unsaturated/α-hetero) is 1. The zero-order valence-electron chi connectivity index (χ0n) is 10.7. The SMILES string of the molecule is CCc1ccc(C(=O)COc2ccccc2Br)cc1. The van der Waals surface area contributed by atoms with Crippen molar-refractivity contribution < 1.29 is 9.53 Å². The topological polar surface area (TPSA) is 26.3 Å². The van der Waals surface area contributed by atoms with Gasteiger partial charge >= 0.3 is 0 Å². The summed E-state index contributed by atoms with van der Waals surface area (Å²) in [6, 6.07) is 15.2. The average Bonchev–Trinajstić information content (AvgIpc) is 2.46. The molecule has 0 radical (unpaired) electrons. The Bertz CT molecular complexity index is 561. The van der Waals surface area contributed by atoms with Gasteiger partial charge in [0.1, 0.15) is 5.75 Å². The summed E-state index contributed by atoms with van der Waals surface area (Å²) in [4.78, 5) is 12.0. The van der Waals surface area contributed by atoms with E-state index in [2.05, 4.69) is 22.9 Å². The summed E-state index contributed by atoms with van der Waals surface area (Å²) < 4.78 is 6.36. The van der Waals surface area contributed by atoms with Crippen molar-refractivity contribution in [3.8, 4) is 5.75 Å². The first kappa shape index (κ1) is 13.8. The Labute approximate surface area is 121 Å². The van der Waals surface area contributed by atoms with Crippen molar-refractivity contribution in [3.63, 3.8) is 0 Å². The average molecular weight is 319 g/mol. The molecule has 0 bridgehead atoms. The molecule has 2 aromatic carbocycles. The molecule has 0 aliphatic carbocycles. The van der Waals surface area contributed by atoms with Crippen molar-refractivity contribution in [3.05, 3.63) is 64.1 Å². The van der Waals surface area contributed by atoms with E-state index in [1.165, 1.54) is 5.56 Å². The molecule has 2 aromatic rings. The lowest BCUT2D eigenvalue weighted by atomic mass is 10.1. The number of hydrogen-bond acceptors (Lipinski definition) is 2. The predicted molar refractivity (Wildman–Crippen MR) is 79.8 cm³/mol. The van der Waals surface area contributed by atoms with Crippen LogP contribution in [0.2, 0.25) is 0 Å². The lowest BCUT2D eigenvalue weighted by Gasteiger charge is -2.07. The Morgan fingerprint density at radius 3 is 2.42 bits per heavy atom. The van der Waals surface area contributed by atoms with Crippen LogP contribution in [0.1, 0.15) is 22.8 Å². The maximum absolute atomic E-state index is 12.0. The van der Waals surface area contributed by atoms with E-state index < -0.39 is 0 Å². The Morgan fingerprint density at radius 1 is 1.11 bits per heavy atom. The largest absolute Gasteiger partial charge is 0.484 e. The van der Waals surface area contributed by atoms with Gasteiger partial charge in [-0.1, -0.05) is 43.3 Å². The minimum absolute atomic E-state index is 0.0154. The summed E-state index contributed by atoms with van der Waals surface area (Å²) in [7, 11) is 0. The number of benzene rings is 2. The zero-order valence-corrected chi connectivity index (χ0v) is 12.3. The van der Waals surface area contributed by atoms with E-state index in [0.29, 0.717) is 11.3 Å². The molecular formula is C16H15BrO2. The molecule has 0 aliphatic rings. The van der Waals surface area contributed by atoms with Crippen LogP contribution >= 0.6 is 15.9 Å². The van der Waals surface area contributed by atoms with Gasteiger partial charge in [0.2, 0.25) is 0 Å². The zero-order chi connectivity index (χ0) is 13.7. The van der Waals surface area contributed by atoms with Gasteiger partial charge in [-0.25, -0.2) is 0 Å².